The summed E-state index contributed by atoms with van der Waals surface area (Å²) in [5.74, 6) is 1.99. The van der Waals surface area contributed by atoms with Gasteiger partial charge >= 0.3 is 0 Å². The van der Waals surface area contributed by atoms with Gasteiger partial charge in [-0.05, 0) is 53.6 Å². The van der Waals surface area contributed by atoms with Crippen molar-refractivity contribution in [2.24, 2.45) is 0 Å². The first-order chi connectivity index (χ1) is 28.2. The summed E-state index contributed by atoms with van der Waals surface area (Å²) in [5, 5.41) is 7.66. The highest BCUT2D eigenvalue weighted by Crippen LogP contribution is 2.44. The zero-order valence-corrected chi connectivity index (χ0v) is 32.1. The van der Waals surface area contributed by atoms with Crippen LogP contribution in [0.2, 0.25) is 0 Å². The fourth-order valence-electron chi connectivity index (χ4n) is 8.42. The minimum Gasteiger partial charge on any atom is -0.309 e. The minimum atomic E-state index is 0.665. The van der Waals surface area contributed by atoms with Crippen LogP contribution >= 0.6 is 22.7 Å². The fraction of sp³-hybridized carbons (Fsp3) is 0. The van der Waals surface area contributed by atoms with Crippen molar-refractivity contribution in [3.05, 3.63) is 182 Å². The Kier molecular flexibility index (Phi) is 7.24. The van der Waals surface area contributed by atoms with Crippen LogP contribution in [0.25, 0.3) is 113 Å². The number of benzene rings is 8. The van der Waals surface area contributed by atoms with Crippen molar-refractivity contribution in [2.45, 2.75) is 0 Å². The van der Waals surface area contributed by atoms with Crippen LogP contribution in [0.15, 0.2) is 182 Å². The summed E-state index contributed by atoms with van der Waals surface area (Å²) in [6, 6.07) is 65.0. The van der Waals surface area contributed by atoms with Crippen molar-refractivity contribution in [2.75, 3.05) is 0 Å². The first-order valence-electron chi connectivity index (χ1n) is 19.0. The van der Waals surface area contributed by atoms with Crippen molar-refractivity contribution in [1.29, 1.82) is 0 Å². The molecule has 0 atom stereocenters. The van der Waals surface area contributed by atoms with Crippen molar-refractivity contribution in [3.8, 4) is 51.0 Å². The molecule has 8 aromatic carbocycles. The van der Waals surface area contributed by atoms with Gasteiger partial charge in [0.15, 0.2) is 17.5 Å². The van der Waals surface area contributed by atoms with Crippen molar-refractivity contribution in [1.82, 2.24) is 19.5 Å². The fourth-order valence-corrected chi connectivity index (χ4v) is 10.8. The van der Waals surface area contributed by atoms with Crippen LogP contribution in [0.4, 0.5) is 0 Å². The van der Waals surface area contributed by atoms with Crippen LogP contribution in [-0.4, -0.2) is 19.5 Å². The quantitative estimate of drug-likeness (QED) is 0.175. The van der Waals surface area contributed by atoms with E-state index in [-0.39, 0.29) is 0 Å². The Bertz CT molecular complexity index is 3410. The molecule has 266 valence electrons. The summed E-state index contributed by atoms with van der Waals surface area (Å²) >= 11 is 3.69. The van der Waals surface area contributed by atoms with E-state index in [1.54, 1.807) is 0 Å². The Morgan fingerprint density at radius 2 is 0.842 bits per heavy atom. The molecular weight excluding hydrogens is 733 g/mol. The number of nitrogens with zero attached hydrogens (tertiary/aromatic N) is 4. The SMILES string of the molecule is c1ccc(-c2nc(-c3ccccc3)nc(-c3ccc4c(c3)sc3cccc(-c5ccc6c(c5)sc5cc(-n7c8ccccc8c8ccccc87)ccc56)c34)n2)cc1. The Labute approximate surface area is 335 Å². The van der Waals surface area contributed by atoms with Gasteiger partial charge in [0, 0.05) is 73.5 Å². The Morgan fingerprint density at radius 3 is 1.53 bits per heavy atom. The van der Waals surface area contributed by atoms with E-state index in [4.69, 9.17) is 15.0 Å². The van der Waals surface area contributed by atoms with Crippen LogP contribution in [0.3, 0.4) is 0 Å². The van der Waals surface area contributed by atoms with Gasteiger partial charge in [-0.15, -0.1) is 22.7 Å². The van der Waals surface area contributed by atoms with E-state index >= 15 is 0 Å². The summed E-state index contributed by atoms with van der Waals surface area (Å²) in [7, 11) is 0. The predicted octanol–water partition coefficient (Wildman–Crippen LogP) is 14.4. The standard InChI is InChI=1S/C51H30N4S2/c1-3-12-31(13-4-1)49-52-50(32-14-5-2-6-15-32)54-51(53-49)34-23-26-41-46(29-34)56-44-21-11-18-36(48(41)44)33-22-25-39-40-27-24-35(30-47(40)57-45(39)28-33)55-42-19-9-7-16-37(42)38-17-8-10-20-43(38)55/h1-30H. The highest BCUT2D eigenvalue weighted by atomic mass is 32.1. The normalized spacial score (nSPS) is 11.9. The maximum atomic E-state index is 5.00. The number of hydrogen-bond donors (Lipinski definition) is 0. The highest BCUT2D eigenvalue weighted by Gasteiger charge is 2.18. The summed E-state index contributed by atoms with van der Waals surface area (Å²) in [6.07, 6.45) is 0. The van der Waals surface area contributed by atoms with E-state index in [2.05, 4.69) is 126 Å². The lowest BCUT2D eigenvalue weighted by molar-refractivity contribution is 1.07. The Morgan fingerprint density at radius 1 is 0.333 bits per heavy atom. The first kappa shape index (κ1) is 32.3. The molecule has 0 aliphatic heterocycles. The molecule has 0 bridgehead atoms. The third-order valence-electron chi connectivity index (χ3n) is 11.1. The Hall–Kier alpha value is -6.99. The second-order valence-electron chi connectivity index (χ2n) is 14.4. The molecule has 0 radical (unpaired) electrons. The lowest BCUT2D eigenvalue weighted by Gasteiger charge is -2.09. The third-order valence-corrected chi connectivity index (χ3v) is 13.3. The average molecular weight is 763 g/mol. The smallest absolute Gasteiger partial charge is 0.164 e. The van der Waals surface area contributed by atoms with Crippen LogP contribution in [0.1, 0.15) is 0 Å². The number of thiophene rings is 2. The molecular formula is C51H30N4S2. The second kappa shape index (κ2) is 12.8. The summed E-state index contributed by atoms with van der Waals surface area (Å²) in [5.41, 5.74) is 9.01. The van der Waals surface area contributed by atoms with E-state index in [0.717, 1.165) is 16.7 Å². The van der Waals surface area contributed by atoms with E-state index < -0.39 is 0 Å². The zero-order chi connectivity index (χ0) is 37.5. The highest BCUT2D eigenvalue weighted by molar-refractivity contribution is 7.26. The number of rotatable bonds is 5. The van der Waals surface area contributed by atoms with Gasteiger partial charge in [0.2, 0.25) is 0 Å². The molecule has 12 rings (SSSR count). The summed E-state index contributed by atoms with van der Waals surface area (Å²) < 4.78 is 7.45. The minimum absolute atomic E-state index is 0.665. The van der Waals surface area contributed by atoms with Gasteiger partial charge in [0.25, 0.3) is 0 Å². The molecule has 4 heterocycles. The van der Waals surface area contributed by atoms with E-state index in [1.165, 1.54) is 79.0 Å². The monoisotopic (exact) mass is 762 g/mol. The van der Waals surface area contributed by atoms with Gasteiger partial charge in [0.1, 0.15) is 0 Å². The van der Waals surface area contributed by atoms with Crippen molar-refractivity contribution in [3.63, 3.8) is 0 Å². The molecule has 0 amide bonds. The predicted molar refractivity (Wildman–Crippen MR) is 242 cm³/mol. The maximum Gasteiger partial charge on any atom is 0.164 e. The number of fused-ring (bicyclic) bond motifs is 9. The second-order valence-corrected chi connectivity index (χ2v) is 16.6. The van der Waals surface area contributed by atoms with Gasteiger partial charge < -0.3 is 4.57 Å². The maximum absolute atomic E-state index is 5.00. The van der Waals surface area contributed by atoms with Gasteiger partial charge in [0.05, 0.1) is 11.0 Å². The van der Waals surface area contributed by atoms with Gasteiger partial charge in [-0.2, -0.15) is 0 Å². The molecule has 4 aromatic heterocycles. The lowest BCUT2D eigenvalue weighted by Crippen LogP contribution is -1.99. The van der Waals surface area contributed by atoms with Gasteiger partial charge in [-0.25, -0.2) is 15.0 Å². The summed E-state index contributed by atoms with van der Waals surface area (Å²) in [4.78, 5) is 14.9. The van der Waals surface area contributed by atoms with Gasteiger partial charge in [-0.1, -0.05) is 140 Å². The zero-order valence-electron chi connectivity index (χ0n) is 30.4. The Balaban J connectivity index is 0.959. The molecule has 0 aliphatic carbocycles. The number of hydrogen-bond acceptors (Lipinski definition) is 5. The number of para-hydroxylation sites is 2. The van der Waals surface area contributed by atoms with Gasteiger partial charge in [-0.3, -0.25) is 0 Å². The van der Waals surface area contributed by atoms with E-state index in [1.807, 2.05) is 83.3 Å². The molecule has 6 heteroatoms. The average Bonchev–Trinajstić information content (AvgIpc) is 3.95. The van der Waals surface area contributed by atoms with Crippen molar-refractivity contribution >= 4 is 84.8 Å². The lowest BCUT2D eigenvalue weighted by atomic mass is 9.98. The molecule has 0 fully saturated rings. The molecule has 4 nitrogen and oxygen atoms in total. The molecule has 0 saturated carbocycles. The molecule has 57 heavy (non-hydrogen) atoms. The van der Waals surface area contributed by atoms with Crippen LogP contribution < -0.4 is 0 Å². The molecule has 0 unspecified atom stereocenters. The molecule has 0 N–H and O–H groups in total. The van der Waals surface area contributed by atoms with Crippen molar-refractivity contribution < 1.29 is 0 Å². The number of aromatic nitrogens is 4. The largest absolute Gasteiger partial charge is 0.309 e. The van der Waals surface area contributed by atoms with Crippen LogP contribution in [0, 0.1) is 0 Å². The molecule has 0 spiro atoms. The molecule has 0 saturated heterocycles. The molecule has 0 aliphatic rings. The summed E-state index contributed by atoms with van der Waals surface area (Å²) in [6.45, 7) is 0. The third kappa shape index (κ3) is 5.22. The van der Waals surface area contributed by atoms with E-state index in [0.29, 0.717) is 17.5 Å². The first-order valence-corrected chi connectivity index (χ1v) is 20.6. The van der Waals surface area contributed by atoms with E-state index in [9.17, 15) is 0 Å². The van der Waals surface area contributed by atoms with Crippen LogP contribution in [0.5, 0.6) is 0 Å². The molecule has 12 aromatic rings. The topological polar surface area (TPSA) is 43.6 Å². The van der Waals surface area contributed by atoms with Crippen LogP contribution in [-0.2, 0) is 0 Å².